The molecule has 5 rings (SSSR count). The molecule has 0 amide bonds. The van der Waals surface area contributed by atoms with Gasteiger partial charge in [-0.15, -0.1) is 0 Å². The second-order valence-corrected chi connectivity index (χ2v) is 7.50. The second kappa shape index (κ2) is 5.40. The first-order chi connectivity index (χ1) is 11.9. The molecule has 1 N–H and O–H groups in total. The second-order valence-electron chi connectivity index (χ2n) is 6.21. The van der Waals surface area contributed by atoms with Crippen molar-refractivity contribution in [2.24, 2.45) is 0 Å². The maximum atomic E-state index is 6.19. The van der Waals surface area contributed by atoms with Gasteiger partial charge in [0.05, 0.1) is 0 Å². The number of anilines is 1. The molecule has 3 aromatic carbocycles. The predicted molar refractivity (Wildman–Crippen MR) is 98.1 cm³/mol. The van der Waals surface area contributed by atoms with Crippen molar-refractivity contribution in [3.63, 3.8) is 0 Å². The molecule has 2 aliphatic rings. The minimum absolute atomic E-state index is 0.111. The number of nitrogens with one attached hydrogen (secondary N) is 1. The van der Waals surface area contributed by atoms with Crippen LogP contribution in [-0.2, 0) is 9.61 Å². The van der Waals surface area contributed by atoms with Crippen molar-refractivity contribution < 1.29 is 4.74 Å². The Hall–Kier alpha value is -2.23. The Morgan fingerprint density at radius 3 is 2.21 bits per heavy atom. The molecule has 2 aliphatic heterocycles. The van der Waals surface area contributed by atoms with Gasteiger partial charge in [0.1, 0.15) is 17.1 Å². The molecule has 0 aliphatic carbocycles. The number of benzene rings is 3. The molecule has 1 fully saturated rings. The Morgan fingerprint density at radius 2 is 1.46 bits per heavy atom. The summed E-state index contributed by atoms with van der Waals surface area (Å²) >= 11 is 1.87. The van der Waals surface area contributed by atoms with E-state index in [1.807, 2.05) is 17.8 Å². The van der Waals surface area contributed by atoms with Crippen molar-refractivity contribution in [1.82, 2.24) is 0 Å². The van der Waals surface area contributed by atoms with Crippen LogP contribution in [-0.4, -0.2) is 6.10 Å². The van der Waals surface area contributed by atoms with Crippen LogP contribution in [0.15, 0.2) is 89.8 Å². The zero-order valence-corrected chi connectivity index (χ0v) is 13.9. The number of hydrogen-bond acceptors (Lipinski definition) is 3. The van der Waals surface area contributed by atoms with E-state index in [1.54, 1.807) is 0 Å². The highest BCUT2D eigenvalue weighted by Crippen LogP contribution is 2.61. The summed E-state index contributed by atoms with van der Waals surface area (Å²) in [6, 6.07) is 29.6. The normalized spacial score (nSPS) is 27.3. The fourth-order valence-corrected chi connectivity index (χ4v) is 4.92. The van der Waals surface area contributed by atoms with Gasteiger partial charge < -0.3 is 10.1 Å². The van der Waals surface area contributed by atoms with Gasteiger partial charge in [-0.25, -0.2) is 0 Å². The summed E-state index contributed by atoms with van der Waals surface area (Å²) in [6.07, 6.45) is 0.250. The summed E-state index contributed by atoms with van der Waals surface area (Å²) in [5.74, 6) is 0. The van der Waals surface area contributed by atoms with Gasteiger partial charge >= 0.3 is 0 Å². The van der Waals surface area contributed by atoms with Crippen LogP contribution < -0.4 is 5.32 Å². The minimum Gasteiger partial charge on any atom is -0.364 e. The number of thioether (sulfide) groups is 1. The first-order valence-electron chi connectivity index (χ1n) is 8.19. The van der Waals surface area contributed by atoms with E-state index in [0.29, 0.717) is 0 Å². The lowest BCUT2D eigenvalue weighted by Crippen LogP contribution is -2.34. The first-order valence-corrected chi connectivity index (χ1v) is 9.01. The molecule has 0 bridgehead atoms. The molecular formula is C21H17NOS. The molecule has 3 aromatic rings. The van der Waals surface area contributed by atoms with Gasteiger partial charge in [0.25, 0.3) is 0 Å². The van der Waals surface area contributed by atoms with Crippen LogP contribution in [0.2, 0.25) is 0 Å². The quantitative estimate of drug-likeness (QED) is 0.668. The monoisotopic (exact) mass is 331 g/mol. The van der Waals surface area contributed by atoms with Crippen LogP contribution in [0, 0.1) is 0 Å². The smallest absolute Gasteiger partial charge is 0.143 e. The highest BCUT2D eigenvalue weighted by Gasteiger charge is 2.59. The number of epoxide rings is 1. The topological polar surface area (TPSA) is 24.6 Å². The lowest BCUT2D eigenvalue weighted by molar-refractivity contribution is 0.348. The maximum absolute atomic E-state index is 6.19. The van der Waals surface area contributed by atoms with Gasteiger partial charge in [-0.2, -0.15) is 0 Å². The zero-order chi connectivity index (χ0) is 16.0. The Bertz CT molecular complexity index is 840. The van der Waals surface area contributed by atoms with Crippen LogP contribution in [0.5, 0.6) is 0 Å². The van der Waals surface area contributed by atoms with Crippen LogP contribution in [0.25, 0.3) is 0 Å². The molecule has 0 saturated carbocycles. The summed E-state index contributed by atoms with van der Waals surface area (Å²) < 4.78 is 6.19. The van der Waals surface area contributed by atoms with E-state index >= 15 is 0 Å². The van der Waals surface area contributed by atoms with Gasteiger partial charge in [0, 0.05) is 10.6 Å². The summed E-state index contributed by atoms with van der Waals surface area (Å²) in [6.45, 7) is 0. The number of fused-ring (bicyclic) bond motifs is 1. The highest BCUT2D eigenvalue weighted by atomic mass is 32.2. The van der Waals surface area contributed by atoms with Gasteiger partial charge in [0.15, 0.2) is 0 Å². The molecule has 0 spiro atoms. The average Bonchev–Trinajstić information content (AvgIpc) is 3.37. The van der Waals surface area contributed by atoms with Crippen LogP contribution in [0.4, 0.5) is 5.69 Å². The fourth-order valence-electron chi connectivity index (χ4n) is 3.49. The van der Waals surface area contributed by atoms with Crippen molar-refractivity contribution >= 4 is 17.4 Å². The summed E-state index contributed by atoms with van der Waals surface area (Å²) in [7, 11) is 0. The maximum Gasteiger partial charge on any atom is 0.143 e. The zero-order valence-electron chi connectivity index (χ0n) is 13.1. The van der Waals surface area contributed by atoms with Crippen LogP contribution >= 0.6 is 11.8 Å². The molecule has 118 valence electrons. The van der Waals surface area contributed by atoms with E-state index in [1.165, 1.54) is 21.7 Å². The third-order valence-corrected chi connectivity index (χ3v) is 6.17. The first kappa shape index (κ1) is 14.1. The molecule has 3 heteroatoms. The highest BCUT2D eigenvalue weighted by molar-refractivity contribution is 8.01. The molecule has 0 unspecified atom stereocenters. The van der Waals surface area contributed by atoms with Crippen LogP contribution in [0.3, 0.4) is 0 Å². The number of rotatable bonds is 3. The molecule has 2 nitrogen and oxygen atoms in total. The van der Waals surface area contributed by atoms with Crippen molar-refractivity contribution in [3.8, 4) is 0 Å². The largest absolute Gasteiger partial charge is 0.364 e. The molecule has 24 heavy (non-hydrogen) atoms. The van der Waals surface area contributed by atoms with Crippen molar-refractivity contribution in [2.75, 3.05) is 5.32 Å². The van der Waals surface area contributed by atoms with Crippen LogP contribution in [0.1, 0.15) is 17.2 Å². The number of ether oxygens (including phenoxy) is 1. The van der Waals surface area contributed by atoms with Crippen molar-refractivity contribution in [2.45, 2.75) is 22.0 Å². The lowest BCUT2D eigenvalue weighted by Gasteiger charge is -2.28. The molecule has 0 radical (unpaired) electrons. The molecule has 1 saturated heterocycles. The average molecular weight is 331 g/mol. The van der Waals surface area contributed by atoms with E-state index in [4.69, 9.17) is 4.74 Å². The van der Waals surface area contributed by atoms with Gasteiger partial charge in [-0.05, 0) is 23.3 Å². The van der Waals surface area contributed by atoms with Gasteiger partial charge in [-0.3, -0.25) is 0 Å². The fraction of sp³-hybridized carbons (Fsp3) is 0.143. The third-order valence-electron chi connectivity index (χ3n) is 4.70. The van der Waals surface area contributed by atoms with E-state index in [9.17, 15) is 0 Å². The van der Waals surface area contributed by atoms with Crippen molar-refractivity contribution in [3.05, 3.63) is 96.1 Å². The molecule has 2 heterocycles. The Morgan fingerprint density at radius 1 is 0.792 bits per heavy atom. The lowest BCUT2D eigenvalue weighted by atomic mass is 9.98. The Kier molecular flexibility index (Phi) is 3.18. The van der Waals surface area contributed by atoms with E-state index in [0.717, 1.165) is 0 Å². The van der Waals surface area contributed by atoms with Gasteiger partial charge in [-0.1, -0.05) is 84.6 Å². The third kappa shape index (κ3) is 2.16. The summed E-state index contributed by atoms with van der Waals surface area (Å²) in [4.78, 5) is 1.01. The minimum atomic E-state index is -0.272. The number of hydrogen-bond donors (Lipinski definition) is 1. The van der Waals surface area contributed by atoms with Crippen molar-refractivity contribution in [1.29, 1.82) is 0 Å². The summed E-state index contributed by atoms with van der Waals surface area (Å²) in [5.41, 5.74) is 3.69. The van der Waals surface area contributed by atoms with E-state index in [-0.39, 0.29) is 17.1 Å². The summed E-state index contributed by atoms with van der Waals surface area (Å²) in [5, 5.41) is 3.76. The molecule has 0 aromatic heterocycles. The SMILES string of the molecule is c1ccc([C@@H]2O[C@H]2[C@]2(c3ccccc3)Nc3ccccc3S2)cc1. The molecule has 3 atom stereocenters. The van der Waals surface area contributed by atoms with E-state index in [2.05, 4.69) is 84.2 Å². The van der Waals surface area contributed by atoms with E-state index < -0.39 is 0 Å². The van der Waals surface area contributed by atoms with Gasteiger partial charge in [0.2, 0.25) is 0 Å². The Balaban J connectivity index is 1.56. The Labute approximate surface area is 145 Å². The number of para-hydroxylation sites is 1. The predicted octanol–water partition coefficient (Wildman–Crippen LogP) is 5.20. The molecular weight excluding hydrogens is 314 g/mol. The standard InChI is InChI=1S/C21H17NOS/c1-3-9-15(10-4-1)19-20(23-19)21(16-11-5-2-6-12-16)22-17-13-7-8-14-18(17)24-21/h1-14,19-20,22H/t19-,20+,21+/m0/s1.